The molecule has 4 rings (SSSR count). The molecular weight excluding hydrogens is 462 g/mol. The molecule has 1 aromatic heterocycles. The number of sulfonamides is 1. The van der Waals surface area contributed by atoms with Crippen LogP contribution in [0.25, 0.3) is 5.70 Å². The standard InChI is InChI=1S/C26H37N5O3S/c1-5-19-13-25(23-9-11-27-26(23)28-16-19)31-12-10-21(17-31)30(4)24-8-7-22(14-20(24)6-2)35(33,34)29-15-18(3)32/h7-9,11,14,16,18,21,29,32H,5-6,10,12-13,15,17H2,1-4H3,(H,27,28). The summed E-state index contributed by atoms with van der Waals surface area (Å²) in [7, 11) is -1.56. The summed E-state index contributed by atoms with van der Waals surface area (Å²) in [6.07, 6.45) is 6.87. The first-order chi connectivity index (χ1) is 16.7. The van der Waals surface area contributed by atoms with Gasteiger partial charge in [0, 0.05) is 68.1 Å². The highest BCUT2D eigenvalue weighted by molar-refractivity contribution is 7.89. The van der Waals surface area contributed by atoms with Crippen molar-refractivity contribution in [3.05, 3.63) is 58.5 Å². The van der Waals surface area contributed by atoms with Gasteiger partial charge < -0.3 is 19.9 Å². The smallest absolute Gasteiger partial charge is 0.240 e. The topological polar surface area (TPSA) is 101 Å². The Hall–Kier alpha value is -2.62. The van der Waals surface area contributed by atoms with Crippen molar-refractivity contribution in [1.82, 2.24) is 14.6 Å². The van der Waals surface area contributed by atoms with E-state index in [0.717, 1.165) is 55.5 Å². The van der Waals surface area contributed by atoms with Gasteiger partial charge in [-0.15, -0.1) is 0 Å². The van der Waals surface area contributed by atoms with Gasteiger partial charge in [-0.3, -0.25) is 0 Å². The minimum Gasteiger partial charge on any atom is -0.392 e. The first-order valence-electron chi connectivity index (χ1n) is 12.4. The molecule has 0 saturated carbocycles. The Bertz CT molecular complexity index is 1310. The number of likely N-dealkylation sites (N-methyl/N-ethyl adjacent to an activating group) is 1. The molecule has 9 heteroatoms. The summed E-state index contributed by atoms with van der Waals surface area (Å²) < 4.78 is 27.8. The number of benzene rings is 1. The van der Waals surface area contributed by atoms with Gasteiger partial charge in [0.05, 0.1) is 11.0 Å². The zero-order valence-electron chi connectivity index (χ0n) is 21.1. The first kappa shape index (κ1) is 25.5. The third kappa shape index (κ3) is 5.47. The van der Waals surface area contributed by atoms with Gasteiger partial charge in [-0.2, -0.15) is 0 Å². The van der Waals surface area contributed by atoms with Gasteiger partial charge in [0.1, 0.15) is 5.49 Å². The fourth-order valence-corrected chi connectivity index (χ4v) is 6.05. The fourth-order valence-electron chi connectivity index (χ4n) is 4.88. The summed E-state index contributed by atoms with van der Waals surface area (Å²) in [5, 5.41) is 10.6. The number of nitrogens with one attached hydrogen (secondary N) is 2. The molecule has 0 amide bonds. The summed E-state index contributed by atoms with van der Waals surface area (Å²) in [6, 6.07) is 7.78. The van der Waals surface area contributed by atoms with Crippen LogP contribution in [0.4, 0.5) is 5.69 Å². The van der Waals surface area contributed by atoms with E-state index in [1.807, 2.05) is 25.4 Å². The number of aliphatic hydroxyl groups excluding tert-OH is 1. The van der Waals surface area contributed by atoms with Gasteiger partial charge in [0.2, 0.25) is 10.0 Å². The number of hydrogen-bond donors (Lipinski definition) is 3. The molecule has 2 aliphatic heterocycles. The first-order valence-corrected chi connectivity index (χ1v) is 13.9. The number of aromatic amines is 1. The monoisotopic (exact) mass is 499 g/mol. The van der Waals surface area contributed by atoms with E-state index in [-0.39, 0.29) is 11.4 Å². The van der Waals surface area contributed by atoms with E-state index in [9.17, 15) is 13.5 Å². The molecule has 8 nitrogen and oxygen atoms in total. The normalized spacial score (nSPS) is 19.1. The molecule has 35 heavy (non-hydrogen) atoms. The number of aliphatic hydroxyl groups is 1. The van der Waals surface area contributed by atoms with Crippen LogP contribution in [-0.2, 0) is 16.4 Å². The maximum atomic E-state index is 12.7. The highest BCUT2D eigenvalue weighted by Crippen LogP contribution is 2.30. The van der Waals surface area contributed by atoms with Gasteiger partial charge in [-0.25, -0.2) is 18.1 Å². The minimum absolute atomic E-state index is 0.00669. The van der Waals surface area contributed by atoms with Gasteiger partial charge in [-0.05, 0) is 61.6 Å². The number of likely N-dealkylation sites (tertiary alicyclic amines) is 1. The van der Waals surface area contributed by atoms with E-state index in [0.29, 0.717) is 6.04 Å². The molecule has 1 aromatic carbocycles. The number of fused-ring (bicyclic) bond motifs is 1. The number of rotatable bonds is 9. The second-order valence-electron chi connectivity index (χ2n) is 9.48. The van der Waals surface area contributed by atoms with Gasteiger partial charge in [0.25, 0.3) is 0 Å². The Morgan fingerprint density at radius 3 is 2.80 bits per heavy atom. The predicted octanol–water partition coefficient (Wildman–Crippen LogP) is 1.87. The molecule has 2 aliphatic rings. The minimum atomic E-state index is -3.66. The zero-order chi connectivity index (χ0) is 25.2. The summed E-state index contributed by atoms with van der Waals surface area (Å²) in [5.74, 6) is 0. The third-order valence-corrected chi connectivity index (χ3v) is 8.47. The molecule has 0 aliphatic carbocycles. The van der Waals surface area contributed by atoms with E-state index < -0.39 is 16.1 Å². The number of anilines is 1. The largest absolute Gasteiger partial charge is 0.392 e. The number of nitrogens with zero attached hydrogens (tertiary/aromatic N) is 3. The molecule has 3 heterocycles. The van der Waals surface area contributed by atoms with E-state index in [1.165, 1.54) is 16.5 Å². The van der Waals surface area contributed by atoms with Crippen LogP contribution in [0.15, 0.2) is 52.1 Å². The van der Waals surface area contributed by atoms with Crippen molar-refractivity contribution in [2.45, 2.75) is 63.5 Å². The van der Waals surface area contributed by atoms with Crippen LogP contribution in [0, 0.1) is 0 Å². The van der Waals surface area contributed by atoms with E-state index in [4.69, 9.17) is 0 Å². The highest BCUT2D eigenvalue weighted by Gasteiger charge is 2.29. The highest BCUT2D eigenvalue weighted by atomic mass is 32.2. The molecule has 1 fully saturated rings. The Morgan fingerprint density at radius 2 is 2.09 bits per heavy atom. The van der Waals surface area contributed by atoms with Crippen molar-refractivity contribution in [1.29, 1.82) is 0 Å². The molecule has 190 valence electrons. The Kier molecular flexibility index (Phi) is 7.68. The maximum absolute atomic E-state index is 12.7. The summed E-state index contributed by atoms with van der Waals surface area (Å²) in [4.78, 5) is 12.9. The third-order valence-electron chi connectivity index (χ3n) is 7.04. The second kappa shape index (κ2) is 10.6. The molecule has 0 bridgehead atoms. The van der Waals surface area contributed by atoms with Gasteiger partial charge in [0.15, 0.2) is 0 Å². The molecule has 1 saturated heterocycles. The van der Waals surface area contributed by atoms with E-state index in [2.05, 4.69) is 44.5 Å². The Balaban J connectivity index is 1.55. The molecule has 2 unspecified atom stereocenters. The van der Waals surface area contributed by atoms with Crippen molar-refractivity contribution in [3.8, 4) is 0 Å². The van der Waals surface area contributed by atoms with Crippen molar-refractivity contribution in [2.75, 3.05) is 31.6 Å². The average Bonchev–Trinajstić information content (AvgIpc) is 3.49. The summed E-state index contributed by atoms with van der Waals surface area (Å²) in [6.45, 7) is 7.66. The quantitative estimate of drug-likeness (QED) is 0.489. The molecule has 2 aromatic rings. The molecule has 2 atom stereocenters. The van der Waals surface area contributed by atoms with Gasteiger partial charge in [-0.1, -0.05) is 13.8 Å². The van der Waals surface area contributed by atoms with Gasteiger partial charge >= 0.3 is 0 Å². The molecular formula is C26H37N5O3S. The predicted molar refractivity (Wildman–Crippen MR) is 139 cm³/mol. The van der Waals surface area contributed by atoms with Crippen LogP contribution in [0.5, 0.6) is 0 Å². The van der Waals surface area contributed by atoms with Crippen LogP contribution in [-0.4, -0.2) is 62.2 Å². The van der Waals surface area contributed by atoms with Crippen LogP contribution >= 0.6 is 0 Å². The zero-order valence-corrected chi connectivity index (χ0v) is 21.9. The Morgan fingerprint density at radius 1 is 1.29 bits per heavy atom. The average molecular weight is 500 g/mol. The van der Waals surface area contributed by atoms with E-state index in [1.54, 1.807) is 19.1 Å². The fraction of sp³-hybridized carbons (Fsp3) is 0.500. The lowest BCUT2D eigenvalue weighted by atomic mass is 10.1. The Labute approximate surface area is 208 Å². The van der Waals surface area contributed by atoms with E-state index >= 15 is 0 Å². The second-order valence-corrected chi connectivity index (χ2v) is 11.2. The molecule has 0 spiro atoms. The lowest BCUT2D eigenvalue weighted by Crippen LogP contribution is -2.37. The number of hydrogen-bond acceptors (Lipinski definition) is 6. The van der Waals surface area contributed by atoms with Crippen molar-refractivity contribution in [3.63, 3.8) is 0 Å². The lowest BCUT2D eigenvalue weighted by Gasteiger charge is -2.30. The van der Waals surface area contributed by atoms with Crippen molar-refractivity contribution >= 4 is 21.4 Å². The maximum Gasteiger partial charge on any atom is 0.240 e. The van der Waals surface area contributed by atoms with Crippen LogP contribution < -0.4 is 20.3 Å². The summed E-state index contributed by atoms with van der Waals surface area (Å²) >= 11 is 0. The number of H-pyrrole nitrogens is 1. The lowest BCUT2D eigenvalue weighted by molar-refractivity contribution is 0.198. The van der Waals surface area contributed by atoms with Crippen molar-refractivity contribution in [2.24, 2.45) is 4.99 Å². The van der Waals surface area contributed by atoms with Crippen molar-refractivity contribution < 1.29 is 13.5 Å². The van der Waals surface area contributed by atoms with Crippen LogP contribution in [0.2, 0.25) is 0 Å². The number of aromatic nitrogens is 1. The number of aryl methyl sites for hydroxylation is 1. The SMILES string of the molecule is CCC1=CN=c2[nH]ccc2=C(N2CCC(N(C)c3ccc(S(=O)(=O)NCC(C)O)cc3CC)C2)C1. The molecule has 0 radical (unpaired) electrons. The van der Waals surface area contributed by atoms with Crippen LogP contribution in [0.3, 0.4) is 0 Å². The summed E-state index contributed by atoms with van der Waals surface area (Å²) in [5.41, 5.74) is 5.64. The molecule has 3 N–H and O–H groups in total. The van der Waals surface area contributed by atoms with Crippen LogP contribution in [0.1, 0.15) is 45.6 Å².